The molecule has 2 saturated heterocycles. The van der Waals surface area contributed by atoms with E-state index in [9.17, 15) is 19.2 Å². The first kappa shape index (κ1) is 18.6. The van der Waals surface area contributed by atoms with Gasteiger partial charge in [-0.15, -0.1) is 0 Å². The van der Waals surface area contributed by atoms with Crippen LogP contribution in [0.15, 0.2) is 16.3 Å². The smallest absolute Gasteiger partial charge is 0.404 e. The summed E-state index contributed by atoms with van der Waals surface area (Å²) in [7, 11) is 1.49. The van der Waals surface area contributed by atoms with Crippen molar-refractivity contribution in [1.29, 1.82) is 0 Å². The van der Waals surface area contributed by atoms with E-state index in [1.807, 2.05) is 0 Å². The zero-order valence-corrected chi connectivity index (χ0v) is 15.4. The maximum atomic E-state index is 13.3. The third-order valence-electron chi connectivity index (χ3n) is 5.94. The highest BCUT2D eigenvalue weighted by Crippen LogP contribution is 2.55. The minimum absolute atomic E-state index is 0.0284. The minimum atomic E-state index is -1.03. The van der Waals surface area contributed by atoms with Crippen LogP contribution in [0.4, 0.5) is 4.79 Å². The Kier molecular flexibility index (Phi) is 4.05. The topological polar surface area (TPSA) is 176 Å². The molecule has 3 aliphatic heterocycles. The van der Waals surface area contributed by atoms with E-state index in [0.29, 0.717) is 6.54 Å². The molecule has 0 radical (unpaired) electrons. The molecular weight excluding hydrogens is 370 g/mol. The molecule has 0 spiro atoms. The minimum Gasteiger partial charge on any atom is -0.449 e. The number of amides is 2. The highest BCUT2D eigenvalue weighted by molar-refractivity contribution is 6.53. The predicted octanol–water partition coefficient (Wildman–Crippen LogP) is -2.32. The number of aliphatic imine (C=N–C) groups is 1. The number of allylic oxidation sites excluding steroid dienone is 1. The number of hydrogen-bond acceptors (Lipinski definition) is 9. The zero-order valence-electron chi connectivity index (χ0n) is 15.4. The Morgan fingerprint density at radius 3 is 2.68 bits per heavy atom. The SMILES string of the molecule is COC12C(COC(N)=O)C3=C(C(=O)C(C)C(=NCC(N)=O)C3=O)N1CC1NC12. The van der Waals surface area contributed by atoms with Crippen molar-refractivity contribution < 1.29 is 28.7 Å². The predicted molar refractivity (Wildman–Crippen MR) is 93.9 cm³/mol. The molecule has 0 bridgehead atoms. The Balaban J connectivity index is 1.82. The van der Waals surface area contributed by atoms with E-state index < -0.39 is 41.9 Å². The molecule has 2 amide bonds. The van der Waals surface area contributed by atoms with E-state index >= 15 is 0 Å². The second kappa shape index (κ2) is 6.11. The van der Waals surface area contributed by atoms with Crippen molar-refractivity contribution in [3.05, 3.63) is 11.3 Å². The van der Waals surface area contributed by atoms with E-state index in [2.05, 4.69) is 10.3 Å². The van der Waals surface area contributed by atoms with E-state index in [1.54, 1.807) is 11.8 Å². The van der Waals surface area contributed by atoms with Gasteiger partial charge in [-0.3, -0.25) is 19.4 Å². The quantitative estimate of drug-likeness (QED) is 0.437. The number of Topliss-reactive ketones (excluding diaryl/α,β-unsaturated/α-hetero) is 2. The van der Waals surface area contributed by atoms with Gasteiger partial charge in [0.05, 0.1) is 29.3 Å². The lowest BCUT2D eigenvalue weighted by molar-refractivity contribution is -0.138. The number of methoxy groups -OCH3 is 1. The maximum Gasteiger partial charge on any atom is 0.404 e. The number of ether oxygens (including phenoxy) is 2. The molecule has 28 heavy (non-hydrogen) atoms. The van der Waals surface area contributed by atoms with Gasteiger partial charge in [-0.2, -0.15) is 0 Å². The fourth-order valence-corrected chi connectivity index (χ4v) is 4.75. The van der Waals surface area contributed by atoms with Crippen LogP contribution in [0.25, 0.3) is 0 Å². The molecule has 0 aromatic heterocycles. The molecule has 4 aliphatic rings. The van der Waals surface area contributed by atoms with E-state index in [4.69, 9.17) is 20.9 Å². The van der Waals surface area contributed by atoms with Gasteiger partial charge in [0.15, 0.2) is 11.5 Å². The number of carbonyl (C=O) groups is 4. The highest BCUT2D eigenvalue weighted by atomic mass is 16.6. The summed E-state index contributed by atoms with van der Waals surface area (Å²) in [5.74, 6) is -3.01. The summed E-state index contributed by atoms with van der Waals surface area (Å²) in [6.07, 6.45) is -0.990. The Labute approximate surface area is 160 Å². The fourth-order valence-electron chi connectivity index (χ4n) is 4.75. The molecule has 3 heterocycles. The fraction of sp³-hybridized carbons (Fsp3) is 0.588. The number of primary amides is 2. The van der Waals surface area contributed by atoms with Crippen LogP contribution in [0.3, 0.4) is 0 Å². The van der Waals surface area contributed by atoms with Crippen LogP contribution < -0.4 is 16.8 Å². The van der Waals surface area contributed by atoms with Gasteiger partial charge in [0.1, 0.15) is 13.2 Å². The molecule has 4 rings (SSSR count). The van der Waals surface area contributed by atoms with Gasteiger partial charge < -0.3 is 31.2 Å². The molecular formula is C17H21N5O6. The van der Waals surface area contributed by atoms with Crippen LogP contribution in [0.5, 0.6) is 0 Å². The summed E-state index contributed by atoms with van der Waals surface area (Å²) in [6.45, 7) is 1.44. The molecule has 5 N–H and O–H groups in total. The maximum absolute atomic E-state index is 13.3. The average Bonchev–Trinajstić information content (AvgIpc) is 3.24. The lowest BCUT2D eigenvalue weighted by Crippen LogP contribution is -2.55. The molecule has 0 saturated carbocycles. The Bertz CT molecular complexity index is 866. The Hall–Kier alpha value is -2.79. The van der Waals surface area contributed by atoms with Crippen molar-refractivity contribution in [2.24, 2.45) is 28.3 Å². The number of fused-ring (bicyclic) bond motifs is 4. The van der Waals surface area contributed by atoms with Gasteiger partial charge >= 0.3 is 6.09 Å². The summed E-state index contributed by atoms with van der Waals surface area (Å²) in [5.41, 5.74) is 9.64. The number of ketones is 2. The van der Waals surface area contributed by atoms with Gasteiger partial charge in [0.2, 0.25) is 11.7 Å². The number of nitrogens with one attached hydrogen (secondary N) is 1. The monoisotopic (exact) mass is 391 g/mol. The molecule has 5 unspecified atom stereocenters. The Morgan fingerprint density at radius 1 is 1.36 bits per heavy atom. The van der Waals surface area contributed by atoms with Crippen molar-refractivity contribution in [2.75, 3.05) is 26.8 Å². The van der Waals surface area contributed by atoms with Crippen LogP contribution in [0, 0.1) is 11.8 Å². The van der Waals surface area contributed by atoms with Crippen LogP contribution in [0.1, 0.15) is 6.92 Å². The van der Waals surface area contributed by atoms with Gasteiger partial charge in [0, 0.05) is 25.3 Å². The number of nitrogens with zero attached hydrogens (tertiary/aromatic N) is 2. The molecule has 0 aromatic rings. The van der Waals surface area contributed by atoms with Gasteiger partial charge in [-0.1, -0.05) is 0 Å². The van der Waals surface area contributed by atoms with Crippen molar-refractivity contribution in [3.8, 4) is 0 Å². The Morgan fingerprint density at radius 2 is 2.07 bits per heavy atom. The molecule has 5 atom stereocenters. The number of hydrogen-bond donors (Lipinski definition) is 3. The standard InChI is InChI=1S/C17H21N5O6/c1-6-11(20-3-9(18)23)14(25)10-7(5-28-16(19)26)17(27-2)15-8(21-15)4-22(17)12(10)13(6)24/h6-8,15,21H,3-5H2,1-2H3,(H2,18,23)(H2,19,26). The third-order valence-corrected chi connectivity index (χ3v) is 5.94. The summed E-state index contributed by atoms with van der Waals surface area (Å²) in [5, 5.41) is 3.27. The lowest BCUT2D eigenvalue weighted by atomic mass is 9.78. The van der Waals surface area contributed by atoms with Crippen LogP contribution in [-0.2, 0) is 23.9 Å². The van der Waals surface area contributed by atoms with E-state index in [1.165, 1.54) is 7.11 Å². The molecule has 11 heteroatoms. The van der Waals surface area contributed by atoms with Crippen LogP contribution >= 0.6 is 0 Å². The summed E-state index contributed by atoms with van der Waals surface area (Å²) in [6, 6.07) is -0.000275. The van der Waals surface area contributed by atoms with Crippen molar-refractivity contribution >= 4 is 29.3 Å². The van der Waals surface area contributed by atoms with Gasteiger partial charge in [0.25, 0.3) is 0 Å². The normalized spacial score (nSPS) is 37.1. The highest BCUT2D eigenvalue weighted by Gasteiger charge is 2.73. The molecule has 2 fully saturated rings. The lowest BCUT2D eigenvalue weighted by Gasteiger charge is -2.39. The van der Waals surface area contributed by atoms with Crippen molar-refractivity contribution in [3.63, 3.8) is 0 Å². The van der Waals surface area contributed by atoms with Crippen LogP contribution in [0.2, 0.25) is 0 Å². The summed E-state index contributed by atoms with van der Waals surface area (Å²) < 4.78 is 10.9. The first-order chi connectivity index (χ1) is 13.2. The van der Waals surface area contributed by atoms with Crippen molar-refractivity contribution in [1.82, 2.24) is 10.2 Å². The second-order valence-corrected chi connectivity index (χ2v) is 7.35. The number of rotatable bonds is 5. The van der Waals surface area contributed by atoms with E-state index in [-0.39, 0.29) is 41.5 Å². The number of piperazine rings is 1. The van der Waals surface area contributed by atoms with Crippen LogP contribution in [-0.4, -0.2) is 78.8 Å². The average molecular weight is 391 g/mol. The first-order valence-electron chi connectivity index (χ1n) is 8.90. The van der Waals surface area contributed by atoms with Crippen molar-refractivity contribution in [2.45, 2.75) is 24.7 Å². The number of nitrogens with two attached hydrogens (primary N) is 2. The molecule has 0 aromatic carbocycles. The zero-order chi connectivity index (χ0) is 20.4. The summed E-state index contributed by atoms with van der Waals surface area (Å²) >= 11 is 0. The number of carbonyl (C=O) groups excluding carboxylic acids is 4. The second-order valence-electron chi connectivity index (χ2n) is 7.35. The third kappa shape index (κ3) is 2.32. The first-order valence-corrected chi connectivity index (χ1v) is 8.90. The van der Waals surface area contributed by atoms with Gasteiger partial charge in [-0.25, -0.2) is 4.79 Å². The molecule has 11 nitrogen and oxygen atoms in total. The largest absolute Gasteiger partial charge is 0.449 e. The van der Waals surface area contributed by atoms with E-state index in [0.717, 1.165) is 0 Å². The summed E-state index contributed by atoms with van der Waals surface area (Å²) in [4.78, 5) is 54.5. The molecule has 1 aliphatic carbocycles. The molecule has 150 valence electrons. The van der Waals surface area contributed by atoms with Gasteiger partial charge in [-0.05, 0) is 6.92 Å².